The Hall–Kier alpha value is -6.05. The number of carbonyl (C=O) groups excluding carboxylic acids is 1. The lowest BCUT2D eigenvalue weighted by molar-refractivity contribution is -0.143. The first-order valence-electron chi connectivity index (χ1n) is 27.1. The number of aliphatic hydroxyl groups excluding tert-OH is 1. The number of benzene rings is 5. The molecule has 8 rings (SSSR count). The van der Waals surface area contributed by atoms with Gasteiger partial charge in [0.2, 0.25) is 8.32 Å². The number of cyclic esters (lactones) is 1. The number of rotatable bonds is 23. The zero-order valence-corrected chi connectivity index (χ0v) is 46.4. The number of methoxy groups -OCH3 is 1. The molecule has 0 aromatic heterocycles. The van der Waals surface area contributed by atoms with Crippen LogP contribution in [-0.4, -0.2) is 69.9 Å². The van der Waals surface area contributed by atoms with E-state index in [4.69, 9.17) is 37.6 Å². The number of hydrogen-bond donors (Lipinski definition) is 1. The van der Waals surface area contributed by atoms with E-state index in [9.17, 15) is 9.90 Å². The molecule has 402 valence electrons. The van der Waals surface area contributed by atoms with Crippen molar-refractivity contribution < 1.29 is 47.5 Å². The van der Waals surface area contributed by atoms with Gasteiger partial charge in [0, 0.05) is 30.4 Å². The fraction of sp³-hybridized carbons (Fsp3) is 0.400. The average molecular weight is 1050 g/mol. The lowest BCUT2D eigenvalue weighted by Crippen LogP contribution is -2.43. The molecule has 1 saturated carbocycles. The molecule has 11 heteroatoms. The highest BCUT2D eigenvalue weighted by Crippen LogP contribution is 2.47. The monoisotopic (exact) mass is 1050 g/mol. The van der Waals surface area contributed by atoms with E-state index in [0.717, 1.165) is 71.6 Å². The van der Waals surface area contributed by atoms with Crippen molar-refractivity contribution in [3.63, 3.8) is 0 Å². The maximum atomic E-state index is 12.8. The third-order valence-electron chi connectivity index (χ3n) is 15.6. The van der Waals surface area contributed by atoms with Crippen LogP contribution in [0.1, 0.15) is 101 Å². The predicted molar refractivity (Wildman–Crippen MR) is 302 cm³/mol. The third-order valence-corrected chi connectivity index (χ3v) is 19.9. The minimum Gasteiger partial charge on any atom is -0.544 e. The summed E-state index contributed by atoms with van der Waals surface area (Å²) in [5.41, 5.74) is 1.58. The Morgan fingerprint density at radius 2 is 1.41 bits per heavy atom. The molecule has 10 nitrogen and oxygen atoms in total. The number of carbonyl (C=O) groups is 1. The SMILES string of the molecule is CC[C@H]1C=CC(=O)O[C@H]1C=C[C@@]1(CCOC(c2ccccc2)(c2ccccc2)c2ccccc2)O[C@H](c2ccc(O[Si](C)(C)C(C)(C)C)cc2)O[C@@H]1C[C@@H](O)/C=C\C=C/[C@@H]1CCC[C@H](OCOc2ccc(OC)cc2)C1. The molecule has 8 atom stereocenters. The summed E-state index contributed by atoms with van der Waals surface area (Å²) >= 11 is 0. The van der Waals surface area contributed by atoms with Crippen LogP contribution in [0, 0.1) is 11.8 Å². The topological polar surface area (TPSA) is 111 Å². The van der Waals surface area contributed by atoms with Gasteiger partial charge in [-0.2, -0.15) is 0 Å². The number of hydrogen-bond acceptors (Lipinski definition) is 10. The number of ether oxygens (including phenoxy) is 7. The second kappa shape index (κ2) is 25.9. The largest absolute Gasteiger partial charge is 0.544 e. The fourth-order valence-electron chi connectivity index (χ4n) is 10.2. The van der Waals surface area contributed by atoms with Crippen molar-refractivity contribution >= 4 is 14.3 Å². The van der Waals surface area contributed by atoms with Gasteiger partial charge in [-0.15, -0.1) is 0 Å². The van der Waals surface area contributed by atoms with Gasteiger partial charge < -0.3 is 42.7 Å². The van der Waals surface area contributed by atoms with Gasteiger partial charge >= 0.3 is 5.97 Å². The average Bonchev–Trinajstić information content (AvgIpc) is 3.84. The lowest BCUT2D eigenvalue weighted by Gasteiger charge is -2.38. The van der Waals surface area contributed by atoms with Crippen LogP contribution >= 0.6 is 0 Å². The molecule has 2 fully saturated rings. The third kappa shape index (κ3) is 14.1. The van der Waals surface area contributed by atoms with Crippen molar-refractivity contribution in [1.29, 1.82) is 0 Å². The summed E-state index contributed by atoms with van der Waals surface area (Å²) in [6.45, 7) is 13.6. The van der Waals surface area contributed by atoms with Gasteiger partial charge in [-0.3, -0.25) is 0 Å². The summed E-state index contributed by atoms with van der Waals surface area (Å²) in [4.78, 5) is 12.8. The molecule has 1 N–H and O–H groups in total. The van der Waals surface area contributed by atoms with E-state index < -0.39 is 50.1 Å². The van der Waals surface area contributed by atoms with Crippen LogP contribution in [0.4, 0.5) is 0 Å². The van der Waals surface area contributed by atoms with E-state index in [1.807, 2.05) is 140 Å². The van der Waals surface area contributed by atoms with Crippen molar-refractivity contribution in [3.05, 3.63) is 210 Å². The quantitative estimate of drug-likeness (QED) is 0.0170. The highest BCUT2D eigenvalue weighted by molar-refractivity contribution is 6.74. The van der Waals surface area contributed by atoms with E-state index in [-0.39, 0.29) is 36.9 Å². The van der Waals surface area contributed by atoms with Crippen LogP contribution in [0.2, 0.25) is 18.1 Å². The number of aliphatic hydroxyl groups is 1. The molecule has 5 aromatic carbocycles. The summed E-state index contributed by atoms with van der Waals surface area (Å²) in [6.07, 6.45) is 17.8. The summed E-state index contributed by atoms with van der Waals surface area (Å²) < 4.78 is 51.7. The minimum absolute atomic E-state index is 0.0247. The molecule has 5 aromatic rings. The Bertz CT molecular complexity index is 2600. The van der Waals surface area contributed by atoms with Gasteiger partial charge in [-0.1, -0.05) is 174 Å². The predicted octanol–water partition coefficient (Wildman–Crippen LogP) is 14.2. The molecule has 1 saturated heterocycles. The Morgan fingerprint density at radius 3 is 2.01 bits per heavy atom. The van der Waals surface area contributed by atoms with Crippen LogP contribution in [0.15, 0.2) is 188 Å². The molecule has 3 aliphatic rings. The molecule has 0 radical (unpaired) electrons. The van der Waals surface area contributed by atoms with Gasteiger partial charge in [0.15, 0.2) is 13.1 Å². The Balaban J connectivity index is 1.07. The number of allylic oxidation sites excluding steroid dienone is 3. The van der Waals surface area contributed by atoms with Crippen LogP contribution in [0.25, 0.3) is 0 Å². The van der Waals surface area contributed by atoms with Gasteiger partial charge in [-0.25, -0.2) is 4.79 Å². The standard InChI is InChI=1S/C65H78O10Si/c1-8-49-33-40-61(67)72-59(49)41-42-64(43-44-71-65(51-23-12-9-13-24-51,52-25-14-10-15-26-52)53-27-16-11-17-28-53)60(73-62(74-64)50-31-34-57(35-32-50)75-76(6,7)63(2,3)4)46-54(66)29-19-18-21-48-22-20-30-58(45-48)70-47-69-56-38-36-55(68-5)37-39-56/h9-19,21,23-29,31-42,48-49,54,58-60,62,66H,8,20,22,30,43-47H2,1-7H3/b21-18-,29-19-,42-41?/t48-,49+,54+,58+,59+,60-,62-,64+/m1/s1. The summed E-state index contributed by atoms with van der Waals surface area (Å²) in [6, 6.07) is 46.4. The van der Waals surface area contributed by atoms with Crippen molar-refractivity contribution in [2.45, 2.75) is 133 Å². The molecule has 0 spiro atoms. The molecule has 2 aliphatic heterocycles. The summed E-state index contributed by atoms with van der Waals surface area (Å²) in [5.74, 6) is 2.21. The normalized spacial score (nSPS) is 23.8. The molecular formula is C65H78O10Si. The Morgan fingerprint density at radius 1 is 0.789 bits per heavy atom. The molecule has 76 heavy (non-hydrogen) atoms. The maximum Gasteiger partial charge on any atom is 0.331 e. The highest BCUT2D eigenvalue weighted by Gasteiger charge is 2.50. The fourth-order valence-corrected chi connectivity index (χ4v) is 11.2. The zero-order chi connectivity index (χ0) is 53.6. The lowest BCUT2D eigenvalue weighted by atomic mass is 9.80. The van der Waals surface area contributed by atoms with Crippen molar-refractivity contribution in [1.82, 2.24) is 0 Å². The van der Waals surface area contributed by atoms with Crippen molar-refractivity contribution in [2.75, 3.05) is 20.5 Å². The van der Waals surface area contributed by atoms with E-state index >= 15 is 0 Å². The second-order valence-corrected chi connectivity index (χ2v) is 26.5. The van der Waals surface area contributed by atoms with Gasteiger partial charge in [0.25, 0.3) is 0 Å². The summed E-state index contributed by atoms with van der Waals surface area (Å²) in [5, 5.41) is 12.0. The van der Waals surface area contributed by atoms with Gasteiger partial charge in [0.1, 0.15) is 34.6 Å². The van der Waals surface area contributed by atoms with E-state index in [0.29, 0.717) is 12.3 Å². The minimum atomic E-state index is -2.12. The van der Waals surface area contributed by atoms with Crippen LogP contribution in [-0.2, 0) is 34.1 Å². The van der Waals surface area contributed by atoms with Crippen LogP contribution in [0.3, 0.4) is 0 Å². The first kappa shape index (κ1) is 56.2. The second-order valence-electron chi connectivity index (χ2n) is 21.8. The number of esters is 1. The first-order valence-corrected chi connectivity index (χ1v) is 30.0. The molecule has 0 bridgehead atoms. The zero-order valence-electron chi connectivity index (χ0n) is 45.4. The molecule has 1 aliphatic carbocycles. The van der Waals surface area contributed by atoms with Crippen LogP contribution < -0.4 is 13.9 Å². The van der Waals surface area contributed by atoms with Crippen LogP contribution in [0.5, 0.6) is 17.2 Å². The Labute approximate surface area is 452 Å². The molecule has 0 amide bonds. The molecule has 0 unspecified atom stereocenters. The molecular weight excluding hydrogens is 969 g/mol. The van der Waals surface area contributed by atoms with Crippen molar-refractivity contribution in [2.24, 2.45) is 11.8 Å². The van der Waals surface area contributed by atoms with E-state index in [1.54, 1.807) is 7.11 Å². The highest BCUT2D eigenvalue weighted by atomic mass is 28.4. The summed E-state index contributed by atoms with van der Waals surface area (Å²) in [7, 11) is -0.473. The van der Waals surface area contributed by atoms with E-state index in [1.165, 1.54) is 6.08 Å². The smallest absolute Gasteiger partial charge is 0.331 e. The Kier molecular flexibility index (Phi) is 19.1. The molecule has 2 heterocycles. The van der Waals surface area contributed by atoms with Gasteiger partial charge in [-0.05, 0) is 109 Å². The van der Waals surface area contributed by atoms with Gasteiger partial charge in [0.05, 0.1) is 32.0 Å². The van der Waals surface area contributed by atoms with E-state index in [2.05, 4.69) is 83.3 Å². The first-order chi connectivity index (χ1) is 36.7. The van der Waals surface area contributed by atoms with Crippen molar-refractivity contribution in [3.8, 4) is 17.2 Å². The maximum absolute atomic E-state index is 12.8.